The molecule has 1 heterocycles. The number of primary amides is 1. The van der Waals surface area contributed by atoms with Crippen molar-refractivity contribution in [2.24, 2.45) is 5.73 Å². The van der Waals surface area contributed by atoms with Crippen molar-refractivity contribution in [2.45, 2.75) is 13.0 Å². The lowest BCUT2D eigenvalue weighted by molar-refractivity contribution is -0.118. The number of nitrogens with two attached hydrogens (primary N) is 1. The Bertz CT molecular complexity index is 586. The molecule has 2 aromatic rings. The van der Waals surface area contributed by atoms with E-state index in [0.29, 0.717) is 11.9 Å². The largest absolute Gasteiger partial charge is 0.478 e. The summed E-state index contributed by atoms with van der Waals surface area (Å²) in [7, 11) is 0. The van der Waals surface area contributed by atoms with Gasteiger partial charge in [-0.3, -0.25) is 4.79 Å². The first-order valence-electron chi connectivity index (χ1n) is 5.19. The van der Waals surface area contributed by atoms with Crippen LogP contribution >= 0.6 is 0 Å². The van der Waals surface area contributed by atoms with Gasteiger partial charge in [0.25, 0.3) is 0 Å². The van der Waals surface area contributed by atoms with Crippen LogP contribution in [-0.4, -0.2) is 21.6 Å². The number of nitrogens with zero attached hydrogens (tertiary/aromatic N) is 1. The van der Waals surface area contributed by atoms with Gasteiger partial charge < -0.3 is 15.4 Å². The van der Waals surface area contributed by atoms with Gasteiger partial charge in [-0.1, -0.05) is 6.07 Å². The van der Waals surface area contributed by atoms with Gasteiger partial charge in [0.15, 0.2) is 0 Å². The lowest BCUT2D eigenvalue weighted by Gasteiger charge is -2.04. The highest BCUT2D eigenvalue weighted by molar-refractivity contribution is 6.02. The van der Waals surface area contributed by atoms with E-state index in [0.717, 1.165) is 5.52 Å². The first-order valence-corrected chi connectivity index (χ1v) is 5.19. The SMILES string of the molecule is NC(=O)CCn1ccc2c(C(=O)O)cccc21. The monoisotopic (exact) mass is 232 g/mol. The second-order valence-corrected chi connectivity index (χ2v) is 3.77. The molecular formula is C12H12N2O3. The van der Waals surface area contributed by atoms with E-state index >= 15 is 0 Å². The van der Waals surface area contributed by atoms with E-state index in [1.165, 1.54) is 0 Å². The molecule has 3 N–H and O–H groups in total. The van der Waals surface area contributed by atoms with Gasteiger partial charge in [-0.25, -0.2) is 4.79 Å². The summed E-state index contributed by atoms with van der Waals surface area (Å²) < 4.78 is 1.83. The Morgan fingerprint density at radius 2 is 2.06 bits per heavy atom. The van der Waals surface area contributed by atoms with Crippen LogP contribution in [-0.2, 0) is 11.3 Å². The quantitative estimate of drug-likeness (QED) is 0.830. The maximum absolute atomic E-state index is 11.0. The summed E-state index contributed by atoms with van der Waals surface area (Å²) in [4.78, 5) is 21.7. The van der Waals surface area contributed by atoms with Crippen LogP contribution in [0.15, 0.2) is 30.5 Å². The molecule has 1 aromatic heterocycles. The number of carbonyl (C=O) groups excluding carboxylic acids is 1. The molecule has 0 aliphatic rings. The summed E-state index contributed by atoms with van der Waals surface area (Å²) in [5.74, 6) is -1.33. The molecule has 0 aliphatic heterocycles. The second-order valence-electron chi connectivity index (χ2n) is 3.77. The van der Waals surface area contributed by atoms with Gasteiger partial charge in [0, 0.05) is 30.1 Å². The van der Waals surface area contributed by atoms with Crippen LogP contribution in [0.2, 0.25) is 0 Å². The molecule has 1 amide bonds. The van der Waals surface area contributed by atoms with Crippen molar-refractivity contribution in [1.82, 2.24) is 4.57 Å². The number of carbonyl (C=O) groups is 2. The van der Waals surface area contributed by atoms with Gasteiger partial charge in [-0.2, -0.15) is 0 Å². The summed E-state index contributed by atoms with van der Waals surface area (Å²) >= 11 is 0. The Hall–Kier alpha value is -2.30. The lowest BCUT2D eigenvalue weighted by atomic mass is 10.1. The Kier molecular flexibility index (Phi) is 2.82. The van der Waals surface area contributed by atoms with Crippen LogP contribution in [0.5, 0.6) is 0 Å². The average molecular weight is 232 g/mol. The Morgan fingerprint density at radius 1 is 1.29 bits per heavy atom. The lowest BCUT2D eigenvalue weighted by Crippen LogP contribution is -2.13. The molecule has 5 heteroatoms. The zero-order valence-electron chi connectivity index (χ0n) is 9.09. The second kappa shape index (κ2) is 4.29. The first-order chi connectivity index (χ1) is 8.09. The minimum Gasteiger partial charge on any atom is -0.478 e. The number of rotatable bonds is 4. The van der Waals surface area contributed by atoms with E-state index in [9.17, 15) is 9.59 Å². The molecule has 88 valence electrons. The molecule has 5 nitrogen and oxygen atoms in total. The van der Waals surface area contributed by atoms with Gasteiger partial charge in [0.1, 0.15) is 0 Å². The molecule has 0 unspecified atom stereocenters. The number of amides is 1. The van der Waals surface area contributed by atoms with Crippen LogP contribution in [0, 0.1) is 0 Å². The number of aryl methyl sites for hydroxylation is 1. The summed E-state index contributed by atoms with van der Waals surface area (Å²) in [6, 6.07) is 6.80. The third-order valence-corrected chi connectivity index (χ3v) is 2.64. The highest BCUT2D eigenvalue weighted by Crippen LogP contribution is 2.20. The summed E-state index contributed by atoms with van der Waals surface area (Å²) in [6.07, 6.45) is 2.00. The highest BCUT2D eigenvalue weighted by atomic mass is 16.4. The Morgan fingerprint density at radius 3 is 2.71 bits per heavy atom. The molecule has 0 atom stereocenters. The molecule has 0 spiro atoms. The van der Waals surface area contributed by atoms with Crippen LogP contribution in [0.25, 0.3) is 10.9 Å². The van der Waals surface area contributed by atoms with Crippen molar-refractivity contribution in [3.63, 3.8) is 0 Å². The summed E-state index contributed by atoms with van der Waals surface area (Å²) in [5.41, 5.74) is 6.15. The van der Waals surface area contributed by atoms with E-state index in [4.69, 9.17) is 10.8 Å². The molecule has 0 bridgehead atoms. The van der Waals surface area contributed by atoms with Gasteiger partial charge in [0.05, 0.1) is 5.56 Å². The van der Waals surface area contributed by atoms with Crippen LogP contribution in [0.1, 0.15) is 16.8 Å². The predicted octanol–water partition coefficient (Wildman–Crippen LogP) is 1.21. The van der Waals surface area contributed by atoms with Crippen molar-refractivity contribution >= 4 is 22.8 Å². The van der Waals surface area contributed by atoms with E-state index in [1.807, 2.05) is 10.6 Å². The van der Waals surface area contributed by atoms with Crippen molar-refractivity contribution in [1.29, 1.82) is 0 Å². The van der Waals surface area contributed by atoms with Gasteiger partial charge in [-0.15, -0.1) is 0 Å². The molecule has 0 saturated carbocycles. The van der Waals surface area contributed by atoms with E-state index in [2.05, 4.69) is 0 Å². The molecule has 0 fully saturated rings. The van der Waals surface area contributed by atoms with E-state index in [-0.39, 0.29) is 17.9 Å². The third kappa shape index (κ3) is 2.13. The molecule has 0 saturated heterocycles. The highest BCUT2D eigenvalue weighted by Gasteiger charge is 2.10. The van der Waals surface area contributed by atoms with Crippen LogP contribution in [0.3, 0.4) is 0 Å². The molecule has 0 aliphatic carbocycles. The number of aromatic carboxylic acids is 1. The van der Waals surface area contributed by atoms with E-state index < -0.39 is 5.97 Å². The first kappa shape index (κ1) is 11.2. The van der Waals surface area contributed by atoms with Gasteiger partial charge in [-0.05, 0) is 18.2 Å². The molecule has 2 rings (SSSR count). The summed E-state index contributed by atoms with van der Waals surface area (Å²) in [5, 5.41) is 9.70. The topological polar surface area (TPSA) is 85.3 Å². The predicted molar refractivity (Wildman–Crippen MR) is 62.7 cm³/mol. The van der Waals surface area contributed by atoms with Crippen molar-refractivity contribution in [3.8, 4) is 0 Å². The van der Waals surface area contributed by atoms with Gasteiger partial charge in [0.2, 0.25) is 5.91 Å². The maximum Gasteiger partial charge on any atom is 0.336 e. The molecular weight excluding hydrogens is 220 g/mol. The Labute approximate surface area is 97.4 Å². The molecule has 1 aromatic carbocycles. The number of carboxylic acid groups (broad SMARTS) is 1. The molecule has 0 radical (unpaired) electrons. The van der Waals surface area contributed by atoms with Crippen molar-refractivity contribution in [3.05, 3.63) is 36.0 Å². The van der Waals surface area contributed by atoms with Gasteiger partial charge >= 0.3 is 5.97 Å². The number of hydrogen-bond donors (Lipinski definition) is 2. The minimum atomic E-state index is -0.955. The fourth-order valence-electron chi connectivity index (χ4n) is 1.84. The fraction of sp³-hybridized carbons (Fsp3) is 0.167. The normalized spacial score (nSPS) is 10.6. The number of fused-ring (bicyclic) bond motifs is 1. The number of carboxylic acids is 1. The smallest absolute Gasteiger partial charge is 0.336 e. The van der Waals surface area contributed by atoms with Crippen molar-refractivity contribution < 1.29 is 14.7 Å². The van der Waals surface area contributed by atoms with Crippen LogP contribution in [0.4, 0.5) is 0 Å². The van der Waals surface area contributed by atoms with Crippen LogP contribution < -0.4 is 5.73 Å². The fourth-order valence-corrected chi connectivity index (χ4v) is 1.84. The molecule has 17 heavy (non-hydrogen) atoms. The maximum atomic E-state index is 11.0. The zero-order valence-corrected chi connectivity index (χ0v) is 9.09. The average Bonchev–Trinajstić information content (AvgIpc) is 2.68. The number of aromatic nitrogens is 1. The standard InChI is InChI=1S/C12H12N2O3/c13-11(15)5-7-14-6-4-8-9(12(16)17)2-1-3-10(8)14/h1-4,6H,5,7H2,(H2,13,15)(H,16,17). The Balaban J connectivity index is 2.44. The summed E-state index contributed by atoms with van der Waals surface area (Å²) in [6.45, 7) is 0.460. The third-order valence-electron chi connectivity index (χ3n) is 2.64. The van der Waals surface area contributed by atoms with E-state index in [1.54, 1.807) is 24.4 Å². The van der Waals surface area contributed by atoms with Crippen molar-refractivity contribution in [2.75, 3.05) is 0 Å². The number of hydrogen-bond acceptors (Lipinski definition) is 2. The minimum absolute atomic E-state index is 0.237. The number of benzene rings is 1. The zero-order chi connectivity index (χ0) is 12.4.